The van der Waals surface area contributed by atoms with Gasteiger partial charge in [-0.3, -0.25) is 0 Å². The summed E-state index contributed by atoms with van der Waals surface area (Å²) in [6.45, 7) is 6.11. The van der Waals surface area contributed by atoms with Gasteiger partial charge in [0.15, 0.2) is 0 Å². The van der Waals surface area contributed by atoms with Crippen molar-refractivity contribution in [1.82, 2.24) is 0 Å². The van der Waals surface area contributed by atoms with Gasteiger partial charge in [0.25, 0.3) is 0 Å². The van der Waals surface area contributed by atoms with Crippen molar-refractivity contribution in [3.05, 3.63) is 28.8 Å². The van der Waals surface area contributed by atoms with Crippen LogP contribution in [0.3, 0.4) is 0 Å². The van der Waals surface area contributed by atoms with Gasteiger partial charge in [0.2, 0.25) is 0 Å². The van der Waals surface area contributed by atoms with Gasteiger partial charge >= 0.3 is 0 Å². The minimum absolute atomic E-state index is 0.289. The highest BCUT2D eigenvalue weighted by molar-refractivity contribution is 6.30. The molecule has 1 aromatic carbocycles. The molecule has 0 saturated heterocycles. The largest absolute Gasteiger partial charge is 0.496 e. The average molecular weight is 237 g/mol. The van der Waals surface area contributed by atoms with Crippen molar-refractivity contribution in [3.8, 4) is 17.6 Å². The number of benzene rings is 1. The summed E-state index contributed by atoms with van der Waals surface area (Å²) in [5, 5.41) is 0.735. The van der Waals surface area contributed by atoms with E-state index in [1.165, 1.54) is 0 Å². The Labute approximate surface area is 103 Å². The van der Waals surface area contributed by atoms with Crippen LogP contribution in [0.5, 0.6) is 5.75 Å². The molecule has 0 fully saturated rings. The number of hydrogen-bond donors (Lipinski definition) is 0. The van der Waals surface area contributed by atoms with E-state index >= 15 is 0 Å². The number of hydrogen-bond acceptors (Lipinski definition) is 1. The lowest BCUT2D eigenvalue weighted by Gasteiger charge is -2.18. The van der Waals surface area contributed by atoms with Crippen molar-refractivity contribution >= 4 is 11.6 Å². The summed E-state index contributed by atoms with van der Waals surface area (Å²) in [4.78, 5) is 0. The van der Waals surface area contributed by atoms with E-state index in [9.17, 15) is 0 Å². The van der Waals surface area contributed by atoms with Crippen molar-refractivity contribution in [1.29, 1.82) is 0 Å². The van der Waals surface area contributed by atoms with Gasteiger partial charge in [0, 0.05) is 10.9 Å². The van der Waals surface area contributed by atoms with Gasteiger partial charge in [-0.1, -0.05) is 31.4 Å². The first-order valence-corrected chi connectivity index (χ1v) is 5.73. The molecular weight excluding hydrogens is 220 g/mol. The molecule has 1 nitrogen and oxygen atoms in total. The van der Waals surface area contributed by atoms with Crippen LogP contribution in [0.2, 0.25) is 5.02 Å². The van der Waals surface area contributed by atoms with Gasteiger partial charge in [0.05, 0.1) is 7.11 Å². The molecular formula is C14H17ClO. The molecule has 0 N–H and O–H groups in total. The van der Waals surface area contributed by atoms with Crippen LogP contribution in [0.1, 0.15) is 32.3 Å². The second kappa shape index (κ2) is 5.82. The van der Waals surface area contributed by atoms with Crippen molar-refractivity contribution in [3.63, 3.8) is 0 Å². The Morgan fingerprint density at radius 1 is 1.31 bits per heavy atom. The van der Waals surface area contributed by atoms with E-state index < -0.39 is 0 Å². The van der Waals surface area contributed by atoms with E-state index in [4.69, 9.17) is 16.3 Å². The molecule has 0 aliphatic carbocycles. The number of ether oxygens (including phenoxy) is 1. The normalized spacial score (nSPS) is 13.6. The minimum atomic E-state index is 0.289. The highest BCUT2D eigenvalue weighted by Gasteiger charge is 2.16. The molecule has 0 heterocycles. The van der Waals surface area contributed by atoms with E-state index in [0.29, 0.717) is 5.92 Å². The number of rotatable bonds is 3. The average Bonchev–Trinajstić information content (AvgIpc) is 2.28. The van der Waals surface area contributed by atoms with E-state index in [1.807, 2.05) is 25.1 Å². The summed E-state index contributed by atoms with van der Waals surface area (Å²) in [5.41, 5.74) is 1.12. The predicted molar refractivity (Wildman–Crippen MR) is 69.0 cm³/mol. The van der Waals surface area contributed by atoms with Gasteiger partial charge in [-0.05, 0) is 36.6 Å². The quantitative estimate of drug-likeness (QED) is 0.718. The molecule has 0 aliphatic rings. The fraction of sp³-hybridized carbons (Fsp3) is 0.429. The second-order valence-corrected chi connectivity index (χ2v) is 4.29. The lowest BCUT2D eigenvalue weighted by Crippen LogP contribution is -2.06. The molecule has 1 rings (SSSR count). The first-order chi connectivity index (χ1) is 7.60. The van der Waals surface area contributed by atoms with Gasteiger partial charge in [-0.2, -0.15) is 0 Å². The third-order valence-electron chi connectivity index (χ3n) is 2.80. The molecule has 0 amide bonds. The second-order valence-electron chi connectivity index (χ2n) is 3.86. The molecule has 0 saturated carbocycles. The Morgan fingerprint density at radius 2 is 2.00 bits per heavy atom. The minimum Gasteiger partial charge on any atom is -0.496 e. The zero-order valence-electron chi connectivity index (χ0n) is 10.2. The standard InChI is InChI=1S/C14H17ClO/c1-5-6-10(2)11(3)13-9-12(15)7-8-14(13)16-4/h7-11H,1-4H3. The monoisotopic (exact) mass is 236 g/mol. The molecule has 2 atom stereocenters. The summed E-state index contributed by atoms with van der Waals surface area (Å²) in [7, 11) is 1.68. The first-order valence-electron chi connectivity index (χ1n) is 5.35. The molecule has 0 aliphatic heterocycles. The van der Waals surface area contributed by atoms with Crippen LogP contribution in [0, 0.1) is 17.8 Å². The van der Waals surface area contributed by atoms with Crippen LogP contribution >= 0.6 is 11.6 Å². The smallest absolute Gasteiger partial charge is 0.122 e. The maximum absolute atomic E-state index is 6.01. The van der Waals surface area contributed by atoms with Crippen LogP contribution in [-0.2, 0) is 0 Å². The Morgan fingerprint density at radius 3 is 2.56 bits per heavy atom. The third kappa shape index (κ3) is 2.93. The first kappa shape index (κ1) is 12.9. The van der Waals surface area contributed by atoms with Crippen molar-refractivity contribution in [2.24, 2.45) is 5.92 Å². The maximum Gasteiger partial charge on any atom is 0.122 e. The van der Waals surface area contributed by atoms with Gasteiger partial charge in [-0.25, -0.2) is 0 Å². The van der Waals surface area contributed by atoms with Gasteiger partial charge in [-0.15, -0.1) is 5.92 Å². The molecule has 0 aromatic heterocycles. The van der Waals surface area contributed by atoms with Crippen LogP contribution in [0.25, 0.3) is 0 Å². The third-order valence-corrected chi connectivity index (χ3v) is 3.04. The topological polar surface area (TPSA) is 9.23 Å². The van der Waals surface area contributed by atoms with Crippen molar-refractivity contribution < 1.29 is 4.74 Å². The lowest BCUT2D eigenvalue weighted by molar-refractivity contribution is 0.403. The van der Waals surface area contributed by atoms with Gasteiger partial charge < -0.3 is 4.74 Å². The molecule has 1 aromatic rings. The molecule has 16 heavy (non-hydrogen) atoms. The Bertz CT molecular complexity index is 414. The zero-order chi connectivity index (χ0) is 12.1. The summed E-state index contributed by atoms with van der Waals surface area (Å²) in [5.74, 6) is 7.58. The summed E-state index contributed by atoms with van der Waals surface area (Å²) < 4.78 is 5.34. The SMILES string of the molecule is CC#CC(C)C(C)c1cc(Cl)ccc1OC. The molecule has 2 unspecified atom stereocenters. The number of halogens is 1. The predicted octanol–water partition coefficient (Wildman–Crippen LogP) is 4.11. The van der Waals surface area contributed by atoms with Crippen molar-refractivity contribution in [2.75, 3.05) is 7.11 Å². The number of methoxy groups -OCH3 is 1. The molecule has 2 heteroatoms. The van der Waals surface area contributed by atoms with Gasteiger partial charge in [0.1, 0.15) is 5.75 Å². The van der Waals surface area contributed by atoms with E-state index in [2.05, 4.69) is 25.7 Å². The summed E-state index contributed by atoms with van der Waals surface area (Å²) in [6, 6.07) is 5.70. The van der Waals surface area contributed by atoms with Crippen molar-refractivity contribution in [2.45, 2.75) is 26.7 Å². The fourth-order valence-electron chi connectivity index (χ4n) is 1.68. The zero-order valence-corrected chi connectivity index (χ0v) is 10.9. The molecule has 0 radical (unpaired) electrons. The molecule has 0 bridgehead atoms. The van der Waals surface area contributed by atoms with E-state index in [-0.39, 0.29) is 5.92 Å². The lowest BCUT2D eigenvalue weighted by atomic mass is 9.89. The summed E-state index contributed by atoms with van der Waals surface area (Å²) in [6.07, 6.45) is 0. The van der Waals surface area contributed by atoms with E-state index in [1.54, 1.807) is 7.11 Å². The highest BCUT2D eigenvalue weighted by Crippen LogP contribution is 2.33. The maximum atomic E-state index is 6.01. The van der Waals surface area contributed by atoms with Crippen LogP contribution < -0.4 is 4.74 Å². The Hall–Kier alpha value is -1.13. The van der Waals surface area contributed by atoms with Crippen LogP contribution in [0.4, 0.5) is 0 Å². The molecule has 0 spiro atoms. The van der Waals surface area contributed by atoms with Crippen LogP contribution in [-0.4, -0.2) is 7.11 Å². The Balaban J connectivity index is 3.08. The van der Waals surface area contributed by atoms with E-state index in [0.717, 1.165) is 16.3 Å². The summed E-state index contributed by atoms with van der Waals surface area (Å²) >= 11 is 6.01. The fourth-order valence-corrected chi connectivity index (χ4v) is 1.86. The Kier molecular flexibility index (Phi) is 4.71. The highest BCUT2D eigenvalue weighted by atomic mass is 35.5. The van der Waals surface area contributed by atoms with Crippen LogP contribution in [0.15, 0.2) is 18.2 Å². The molecule has 86 valence electrons.